The average molecular weight is 257 g/mol. The monoisotopic (exact) mass is 257 g/mol. The number of hydrogen-bond acceptors (Lipinski definition) is 3. The number of methoxy groups -OCH3 is 1. The molecule has 3 heteroatoms. The van der Waals surface area contributed by atoms with Crippen molar-refractivity contribution in [2.24, 2.45) is 0 Å². The minimum absolute atomic E-state index is 0.420. The molecule has 2 N–H and O–H groups in total. The van der Waals surface area contributed by atoms with Crippen LogP contribution in [0, 0.1) is 0 Å². The van der Waals surface area contributed by atoms with Gasteiger partial charge in [0.25, 0.3) is 0 Å². The van der Waals surface area contributed by atoms with Gasteiger partial charge < -0.3 is 15.2 Å². The minimum atomic E-state index is 0.420. The molecule has 0 spiro atoms. The highest BCUT2D eigenvalue weighted by Crippen LogP contribution is 2.39. The van der Waals surface area contributed by atoms with Gasteiger partial charge in [0.1, 0.15) is 11.5 Å². The number of nitrogens with one attached hydrogen (secondary N) is 1. The molecule has 0 saturated carbocycles. The van der Waals surface area contributed by atoms with Gasteiger partial charge in [-0.1, -0.05) is 24.3 Å². The third-order valence-corrected chi connectivity index (χ3v) is 4.02. The molecule has 3 rings (SSSR count). The molecule has 1 aliphatic rings. The first-order valence-corrected chi connectivity index (χ1v) is 6.80. The van der Waals surface area contributed by atoms with Gasteiger partial charge in [0.15, 0.2) is 0 Å². The SMILES string of the molecule is COc1cccc2c(O)c(C3CCNCC3)ccc12. The molecule has 0 bridgehead atoms. The second kappa shape index (κ2) is 5.10. The molecule has 1 aliphatic heterocycles. The quantitative estimate of drug-likeness (QED) is 0.869. The van der Waals surface area contributed by atoms with E-state index in [4.69, 9.17) is 4.74 Å². The normalized spacial score (nSPS) is 16.7. The lowest BCUT2D eigenvalue weighted by atomic mass is 9.88. The number of fused-ring (bicyclic) bond motifs is 1. The van der Waals surface area contributed by atoms with Gasteiger partial charge in [0.05, 0.1) is 7.11 Å². The Labute approximate surface area is 113 Å². The lowest BCUT2D eigenvalue weighted by molar-refractivity contribution is 0.418. The van der Waals surface area contributed by atoms with Crippen LogP contribution in [0.15, 0.2) is 30.3 Å². The van der Waals surface area contributed by atoms with E-state index in [1.54, 1.807) is 7.11 Å². The molecule has 1 fully saturated rings. The second-order valence-electron chi connectivity index (χ2n) is 5.08. The predicted molar refractivity (Wildman–Crippen MR) is 77.0 cm³/mol. The van der Waals surface area contributed by atoms with Crippen molar-refractivity contribution in [1.29, 1.82) is 0 Å². The molecule has 0 unspecified atom stereocenters. The molecule has 2 aromatic rings. The molecule has 0 aliphatic carbocycles. The number of rotatable bonds is 2. The van der Waals surface area contributed by atoms with Crippen LogP contribution in [0.3, 0.4) is 0 Å². The summed E-state index contributed by atoms with van der Waals surface area (Å²) in [5.74, 6) is 1.69. The number of hydrogen-bond donors (Lipinski definition) is 2. The fourth-order valence-electron chi connectivity index (χ4n) is 2.97. The molecule has 19 heavy (non-hydrogen) atoms. The van der Waals surface area contributed by atoms with Crippen molar-refractivity contribution in [2.75, 3.05) is 20.2 Å². The summed E-state index contributed by atoms with van der Waals surface area (Å²) in [7, 11) is 1.66. The van der Waals surface area contributed by atoms with E-state index >= 15 is 0 Å². The summed E-state index contributed by atoms with van der Waals surface area (Å²) in [6.07, 6.45) is 2.17. The van der Waals surface area contributed by atoms with Crippen LogP contribution < -0.4 is 10.1 Å². The highest BCUT2D eigenvalue weighted by Gasteiger charge is 2.20. The third kappa shape index (κ3) is 2.15. The van der Waals surface area contributed by atoms with Crippen molar-refractivity contribution >= 4 is 10.8 Å². The van der Waals surface area contributed by atoms with Gasteiger partial charge in [0, 0.05) is 10.8 Å². The predicted octanol–water partition coefficient (Wildman–Crippen LogP) is 3.02. The molecule has 0 aromatic heterocycles. The van der Waals surface area contributed by atoms with Gasteiger partial charge >= 0.3 is 0 Å². The van der Waals surface area contributed by atoms with Crippen molar-refractivity contribution in [3.8, 4) is 11.5 Å². The van der Waals surface area contributed by atoms with E-state index < -0.39 is 0 Å². The zero-order valence-electron chi connectivity index (χ0n) is 11.1. The van der Waals surface area contributed by atoms with Crippen molar-refractivity contribution < 1.29 is 9.84 Å². The molecule has 1 heterocycles. The fourth-order valence-corrected chi connectivity index (χ4v) is 2.97. The van der Waals surface area contributed by atoms with Crippen molar-refractivity contribution in [2.45, 2.75) is 18.8 Å². The topological polar surface area (TPSA) is 41.5 Å². The maximum absolute atomic E-state index is 10.5. The van der Waals surface area contributed by atoms with E-state index in [1.165, 1.54) is 0 Å². The van der Waals surface area contributed by atoms with Crippen LogP contribution in [0.25, 0.3) is 10.8 Å². The molecule has 100 valence electrons. The van der Waals surface area contributed by atoms with E-state index in [0.717, 1.165) is 48.0 Å². The molecule has 3 nitrogen and oxygen atoms in total. The zero-order valence-corrected chi connectivity index (χ0v) is 11.1. The number of phenolic OH excluding ortho intramolecular Hbond substituents is 1. The Hall–Kier alpha value is -1.74. The summed E-state index contributed by atoms with van der Waals surface area (Å²) >= 11 is 0. The van der Waals surface area contributed by atoms with Crippen molar-refractivity contribution in [3.63, 3.8) is 0 Å². The van der Waals surface area contributed by atoms with Crippen LogP contribution in [-0.4, -0.2) is 25.3 Å². The first-order chi connectivity index (χ1) is 9.31. The Balaban J connectivity index is 2.10. The Bertz CT molecular complexity index is 589. The van der Waals surface area contributed by atoms with E-state index in [0.29, 0.717) is 11.7 Å². The molecular formula is C16H19NO2. The second-order valence-corrected chi connectivity index (χ2v) is 5.08. The van der Waals surface area contributed by atoms with Gasteiger partial charge in [-0.3, -0.25) is 0 Å². The van der Waals surface area contributed by atoms with Crippen LogP contribution in [0.5, 0.6) is 11.5 Å². The third-order valence-electron chi connectivity index (χ3n) is 4.02. The van der Waals surface area contributed by atoms with Crippen LogP contribution in [0.2, 0.25) is 0 Å². The highest BCUT2D eigenvalue weighted by molar-refractivity contribution is 5.94. The number of phenols is 1. The van der Waals surface area contributed by atoms with E-state index in [-0.39, 0.29) is 0 Å². The first kappa shape index (κ1) is 12.3. The summed E-state index contributed by atoms with van der Waals surface area (Å²) in [4.78, 5) is 0. The van der Waals surface area contributed by atoms with Gasteiger partial charge in [-0.15, -0.1) is 0 Å². The maximum atomic E-state index is 10.5. The van der Waals surface area contributed by atoms with Gasteiger partial charge in [-0.25, -0.2) is 0 Å². The molecule has 0 amide bonds. The van der Waals surface area contributed by atoms with Crippen LogP contribution in [0.1, 0.15) is 24.3 Å². The Morgan fingerprint density at radius 2 is 1.89 bits per heavy atom. The molecule has 1 saturated heterocycles. The van der Waals surface area contributed by atoms with E-state index in [2.05, 4.69) is 17.4 Å². The summed E-state index contributed by atoms with van der Waals surface area (Å²) in [5, 5.41) is 15.8. The van der Waals surface area contributed by atoms with E-state index in [9.17, 15) is 5.11 Å². The molecular weight excluding hydrogens is 238 g/mol. The average Bonchev–Trinajstić information content (AvgIpc) is 2.48. The van der Waals surface area contributed by atoms with Crippen LogP contribution >= 0.6 is 0 Å². The number of aromatic hydroxyl groups is 1. The minimum Gasteiger partial charge on any atom is -0.507 e. The number of benzene rings is 2. The summed E-state index contributed by atoms with van der Waals surface area (Å²) in [6.45, 7) is 2.06. The van der Waals surface area contributed by atoms with Gasteiger partial charge in [-0.05, 0) is 43.5 Å². The molecule has 0 radical (unpaired) electrons. The smallest absolute Gasteiger partial charge is 0.127 e. The van der Waals surface area contributed by atoms with Crippen LogP contribution in [0.4, 0.5) is 0 Å². The largest absolute Gasteiger partial charge is 0.507 e. The summed E-state index contributed by atoms with van der Waals surface area (Å²) in [6, 6.07) is 9.91. The Morgan fingerprint density at radius 3 is 2.63 bits per heavy atom. The first-order valence-electron chi connectivity index (χ1n) is 6.80. The lowest BCUT2D eigenvalue weighted by Gasteiger charge is -2.24. The van der Waals surface area contributed by atoms with Crippen molar-refractivity contribution in [3.05, 3.63) is 35.9 Å². The number of ether oxygens (including phenoxy) is 1. The van der Waals surface area contributed by atoms with Gasteiger partial charge in [0.2, 0.25) is 0 Å². The zero-order chi connectivity index (χ0) is 13.2. The lowest BCUT2D eigenvalue weighted by Crippen LogP contribution is -2.26. The van der Waals surface area contributed by atoms with E-state index in [1.807, 2.05) is 18.2 Å². The maximum Gasteiger partial charge on any atom is 0.127 e. The fraction of sp³-hybridized carbons (Fsp3) is 0.375. The molecule has 0 atom stereocenters. The molecule has 2 aromatic carbocycles. The number of piperidine rings is 1. The summed E-state index contributed by atoms with van der Waals surface area (Å²) < 4.78 is 5.35. The standard InChI is InChI=1S/C16H19NO2/c1-19-15-4-2-3-14-13(15)6-5-12(16(14)18)11-7-9-17-10-8-11/h2-6,11,17-18H,7-10H2,1H3. The van der Waals surface area contributed by atoms with Crippen LogP contribution in [-0.2, 0) is 0 Å². The van der Waals surface area contributed by atoms with Crippen molar-refractivity contribution in [1.82, 2.24) is 5.32 Å². The summed E-state index contributed by atoms with van der Waals surface area (Å²) in [5.41, 5.74) is 1.07. The van der Waals surface area contributed by atoms with Gasteiger partial charge in [-0.2, -0.15) is 0 Å². The Morgan fingerprint density at radius 1 is 1.11 bits per heavy atom. The Kier molecular flexibility index (Phi) is 3.30. The highest BCUT2D eigenvalue weighted by atomic mass is 16.5.